The van der Waals surface area contributed by atoms with E-state index >= 15 is 0 Å². The Morgan fingerprint density at radius 2 is 1.30 bits per heavy atom. The molecule has 1 saturated heterocycles. The molecule has 1 atom stereocenters. The highest BCUT2D eigenvalue weighted by Gasteiger charge is 2.48. The van der Waals surface area contributed by atoms with E-state index in [4.69, 9.17) is 34.7 Å². The molecule has 1 spiro atoms. The van der Waals surface area contributed by atoms with E-state index in [2.05, 4.69) is 56.6 Å². The van der Waals surface area contributed by atoms with Gasteiger partial charge in [0, 0.05) is 42.3 Å². The average Bonchev–Trinajstić information content (AvgIpc) is 3.70. The number of alkyl halides is 9. The number of fused-ring (bicyclic) bond motifs is 2. The van der Waals surface area contributed by atoms with Crippen molar-refractivity contribution < 1.29 is 69.2 Å². The molecule has 0 aromatic carbocycles. The highest BCUT2D eigenvalue weighted by molar-refractivity contribution is 7.09. The van der Waals surface area contributed by atoms with Gasteiger partial charge < -0.3 is 20.2 Å². The normalized spacial score (nSPS) is 17.3. The first kappa shape index (κ1) is 38.7. The first-order valence-electron chi connectivity index (χ1n) is 12.9. The number of anilines is 1. The third-order valence-corrected chi connectivity index (χ3v) is 7.18. The van der Waals surface area contributed by atoms with Crippen LogP contribution in [0.2, 0.25) is 0 Å². The van der Waals surface area contributed by atoms with Crippen LogP contribution < -0.4 is 4.90 Å². The van der Waals surface area contributed by atoms with Crippen molar-refractivity contribution in [2.24, 2.45) is 0 Å². The number of carboxylic acid groups (broad SMARTS) is 3. The predicted molar refractivity (Wildman–Crippen MR) is 146 cm³/mol. The highest BCUT2D eigenvalue weighted by atomic mass is 32.1. The second-order valence-corrected chi connectivity index (χ2v) is 10.8. The Kier molecular flexibility index (Phi) is 13.1. The molecule has 2 aliphatic rings. The maximum Gasteiger partial charge on any atom is 0.490 e. The number of carbonyl (C=O) groups is 3. The summed E-state index contributed by atoms with van der Waals surface area (Å²) in [7, 11) is 0. The zero-order valence-electron chi connectivity index (χ0n) is 23.7. The molecule has 47 heavy (non-hydrogen) atoms. The Labute approximate surface area is 263 Å². The lowest BCUT2D eigenvalue weighted by Crippen LogP contribution is -2.36. The molecule has 3 N–H and O–H groups in total. The van der Waals surface area contributed by atoms with Gasteiger partial charge in [0.25, 0.3) is 0 Å². The maximum absolute atomic E-state index is 10.6. The molecule has 0 bridgehead atoms. The van der Waals surface area contributed by atoms with Crippen molar-refractivity contribution in [1.29, 1.82) is 0 Å². The van der Waals surface area contributed by atoms with E-state index < -0.39 is 36.4 Å². The van der Waals surface area contributed by atoms with Gasteiger partial charge in [0.1, 0.15) is 0 Å². The van der Waals surface area contributed by atoms with E-state index in [1.165, 1.54) is 22.7 Å². The number of carboxylic acids is 3. The van der Waals surface area contributed by atoms with Gasteiger partial charge in [-0.2, -0.15) is 39.5 Å². The predicted octanol–water partition coefficient (Wildman–Crippen LogP) is 5.60. The number of rotatable bonds is 4. The molecule has 1 unspecified atom stereocenters. The van der Waals surface area contributed by atoms with Gasteiger partial charge in [0.05, 0.1) is 23.6 Å². The number of thiophene rings is 1. The second-order valence-electron chi connectivity index (χ2n) is 9.78. The van der Waals surface area contributed by atoms with Gasteiger partial charge in [-0.15, -0.1) is 11.3 Å². The molecule has 20 heteroatoms. The Balaban J connectivity index is 0.000000301. The van der Waals surface area contributed by atoms with Crippen LogP contribution in [-0.4, -0.2) is 86.3 Å². The Bertz CT molecular complexity index is 1410. The number of likely N-dealkylation sites (tertiary alicyclic amines) is 1. The van der Waals surface area contributed by atoms with Gasteiger partial charge >= 0.3 is 36.4 Å². The van der Waals surface area contributed by atoms with Crippen LogP contribution in [0.5, 0.6) is 0 Å². The van der Waals surface area contributed by atoms with Crippen molar-refractivity contribution in [3.05, 3.63) is 76.5 Å². The van der Waals surface area contributed by atoms with Crippen LogP contribution in [0.1, 0.15) is 22.7 Å². The lowest BCUT2D eigenvalue weighted by molar-refractivity contribution is -0.193. The third-order valence-electron chi connectivity index (χ3n) is 6.32. The lowest BCUT2D eigenvalue weighted by Gasteiger charge is -2.25. The van der Waals surface area contributed by atoms with Gasteiger partial charge in [-0.1, -0.05) is 12.1 Å². The van der Waals surface area contributed by atoms with Crippen LogP contribution in [-0.2, 0) is 32.9 Å². The molecule has 5 rings (SSSR count). The molecule has 0 radical (unpaired) electrons. The monoisotopic (exact) mass is 704 g/mol. The van der Waals surface area contributed by atoms with Gasteiger partial charge in [0.15, 0.2) is 0 Å². The molecule has 0 aliphatic carbocycles. The van der Waals surface area contributed by atoms with Crippen molar-refractivity contribution in [3.63, 3.8) is 0 Å². The van der Waals surface area contributed by atoms with E-state index in [0.29, 0.717) is 0 Å². The average molecular weight is 705 g/mol. The fourth-order valence-electron chi connectivity index (χ4n) is 4.45. The highest BCUT2D eigenvalue weighted by Crippen LogP contribution is 2.45. The molecule has 10 nitrogen and oxygen atoms in total. The van der Waals surface area contributed by atoms with Gasteiger partial charge in [-0.3, -0.25) is 14.9 Å². The van der Waals surface area contributed by atoms with Crippen LogP contribution in [0.4, 0.5) is 45.2 Å². The summed E-state index contributed by atoms with van der Waals surface area (Å²) in [5, 5.41) is 23.5. The van der Waals surface area contributed by atoms with Crippen molar-refractivity contribution in [3.8, 4) is 0 Å². The molecule has 0 saturated carbocycles. The molecule has 5 heterocycles. The second kappa shape index (κ2) is 15.9. The Morgan fingerprint density at radius 1 is 0.745 bits per heavy atom. The van der Waals surface area contributed by atoms with Crippen LogP contribution in [0.25, 0.3) is 0 Å². The van der Waals surface area contributed by atoms with Crippen LogP contribution in [0, 0.1) is 0 Å². The Morgan fingerprint density at radius 3 is 1.77 bits per heavy atom. The summed E-state index contributed by atoms with van der Waals surface area (Å²) in [5.41, 5.74) is 3.84. The van der Waals surface area contributed by atoms with Gasteiger partial charge in [0.2, 0.25) is 0 Å². The number of nitrogens with zero attached hydrogens (tertiary/aromatic N) is 4. The SMILES string of the molecule is O=C(O)C(F)(F)F.O=C(O)C(F)(F)F.O=C(O)C(F)(F)F.c1ccc(CN2CC3(CCN(Cc4cccs4)C3)c3ncccc32)nc1. The molecule has 258 valence electrons. The number of hydrogen-bond donors (Lipinski definition) is 3. The van der Waals surface area contributed by atoms with E-state index in [-0.39, 0.29) is 5.41 Å². The van der Waals surface area contributed by atoms with Crippen LogP contribution in [0.15, 0.2) is 60.2 Å². The molecule has 1 fully saturated rings. The Hall–Kier alpha value is -4.46. The summed E-state index contributed by atoms with van der Waals surface area (Å²) in [6.45, 7) is 5.18. The zero-order chi connectivity index (χ0) is 35.6. The topological polar surface area (TPSA) is 144 Å². The quantitative estimate of drug-likeness (QED) is 0.294. The molecular formula is C27H25F9N4O6S. The standard InChI is InChI=1S/C21H22N4S.3C2HF3O2/c1-2-9-22-17(5-1)13-25-16-21(20-19(25)7-3-10-23-20)8-11-24(15-21)14-18-6-4-12-26-18;3*3-2(4,5)1(6)7/h1-7,9-10,12H,8,11,13-16H2;3*(H,6,7). The van der Waals surface area contributed by atoms with E-state index in [1.807, 2.05) is 29.8 Å². The van der Waals surface area contributed by atoms with Crippen molar-refractivity contribution in [1.82, 2.24) is 14.9 Å². The fourth-order valence-corrected chi connectivity index (χ4v) is 5.20. The minimum atomic E-state index is -5.08. The largest absolute Gasteiger partial charge is 0.490 e. The number of halogens is 9. The van der Waals surface area contributed by atoms with Gasteiger partial charge in [-0.05, 0) is 48.7 Å². The number of hydrogen-bond acceptors (Lipinski definition) is 8. The summed E-state index contributed by atoms with van der Waals surface area (Å²) >= 11 is 1.85. The third kappa shape index (κ3) is 12.0. The summed E-state index contributed by atoms with van der Waals surface area (Å²) in [4.78, 5) is 42.6. The van der Waals surface area contributed by atoms with Crippen molar-refractivity contribution >= 4 is 34.9 Å². The minimum Gasteiger partial charge on any atom is -0.475 e. The summed E-state index contributed by atoms with van der Waals surface area (Å²) in [6, 6.07) is 14.8. The van der Waals surface area contributed by atoms with Crippen LogP contribution >= 0.6 is 11.3 Å². The summed E-state index contributed by atoms with van der Waals surface area (Å²) < 4.78 is 95.2. The molecular weight excluding hydrogens is 679 g/mol. The molecule has 3 aromatic rings. The minimum absolute atomic E-state index is 0.155. The van der Waals surface area contributed by atoms with E-state index in [0.717, 1.165) is 38.4 Å². The van der Waals surface area contributed by atoms with Crippen LogP contribution in [0.3, 0.4) is 0 Å². The number of pyridine rings is 2. The zero-order valence-corrected chi connectivity index (χ0v) is 24.5. The van der Waals surface area contributed by atoms with E-state index in [1.54, 1.807) is 0 Å². The number of aliphatic carboxylic acids is 3. The van der Waals surface area contributed by atoms with E-state index in [9.17, 15) is 39.5 Å². The smallest absolute Gasteiger partial charge is 0.475 e. The molecule has 3 aromatic heterocycles. The van der Waals surface area contributed by atoms with Gasteiger partial charge in [-0.25, -0.2) is 14.4 Å². The summed E-state index contributed by atoms with van der Waals surface area (Å²) in [5.74, 6) is -8.27. The van der Waals surface area contributed by atoms with Crippen molar-refractivity contribution in [2.75, 3.05) is 24.5 Å². The maximum atomic E-state index is 10.6. The fraction of sp³-hybridized carbons (Fsp3) is 0.370. The first-order chi connectivity index (χ1) is 21.7. The molecule has 0 amide bonds. The van der Waals surface area contributed by atoms with Crippen molar-refractivity contribution in [2.45, 2.75) is 43.5 Å². The molecule has 2 aliphatic heterocycles. The summed E-state index contributed by atoms with van der Waals surface area (Å²) in [6.07, 6.45) is -10.2. The first-order valence-corrected chi connectivity index (χ1v) is 13.8. The lowest BCUT2D eigenvalue weighted by atomic mass is 9.85. The number of aromatic nitrogens is 2.